The molecule has 1 aromatic heterocycles. The number of benzene rings is 2. The topological polar surface area (TPSA) is 20.2 Å². The largest absolute Gasteiger partial charge is 0.383 e. The molecule has 3 aromatic rings. The minimum absolute atomic E-state index is 0.535. The molecule has 2 aromatic carbocycles. The minimum atomic E-state index is -0.535. The Balaban J connectivity index is 2.07. The van der Waals surface area contributed by atoms with E-state index in [4.69, 9.17) is 0 Å². The molecule has 1 atom stereocenters. The Kier molecular flexibility index (Phi) is 3.36. The van der Waals surface area contributed by atoms with E-state index < -0.39 is 6.10 Å². The van der Waals surface area contributed by atoms with Gasteiger partial charge in [0, 0.05) is 9.58 Å². The number of thiophene rings is 1. The Morgan fingerprint density at radius 3 is 2.35 bits per heavy atom. The van der Waals surface area contributed by atoms with Gasteiger partial charge in [-0.1, -0.05) is 30.3 Å². The van der Waals surface area contributed by atoms with Crippen LogP contribution in [0.1, 0.15) is 33.2 Å². The molecule has 0 aliphatic carbocycles. The van der Waals surface area contributed by atoms with Gasteiger partial charge in [0.05, 0.1) is 0 Å². The van der Waals surface area contributed by atoms with E-state index in [1.54, 1.807) is 11.3 Å². The second-order valence-corrected chi connectivity index (χ2v) is 6.50. The van der Waals surface area contributed by atoms with Crippen molar-refractivity contribution in [3.8, 4) is 0 Å². The van der Waals surface area contributed by atoms with Gasteiger partial charge in [-0.3, -0.25) is 0 Å². The Morgan fingerprint density at radius 2 is 1.60 bits per heavy atom. The Hall–Kier alpha value is -1.64. The minimum Gasteiger partial charge on any atom is -0.383 e. The molecule has 2 heteroatoms. The van der Waals surface area contributed by atoms with Crippen molar-refractivity contribution < 1.29 is 5.11 Å². The number of rotatable bonds is 2. The zero-order valence-electron chi connectivity index (χ0n) is 12.0. The van der Waals surface area contributed by atoms with Crippen LogP contribution in [0, 0.1) is 20.8 Å². The van der Waals surface area contributed by atoms with Crippen molar-refractivity contribution in [3.05, 3.63) is 69.6 Å². The van der Waals surface area contributed by atoms with Crippen molar-refractivity contribution in [2.75, 3.05) is 0 Å². The quantitative estimate of drug-likeness (QED) is 0.708. The van der Waals surface area contributed by atoms with E-state index in [-0.39, 0.29) is 0 Å². The number of fused-ring (bicyclic) bond motifs is 1. The highest BCUT2D eigenvalue weighted by molar-refractivity contribution is 7.19. The summed E-state index contributed by atoms with van der Waals surface area (Å²) in [7, 11) is 0. The molecule has 1 nitrogen and oxygen atoms in total. The number of aliphatic hydroxyl groups excluding tert-OH is 1. The molecule has 1 heterocycles. The van der Waals surface area contributed by atoms with Gasteiger partial charge in [-0.2, -0.15) is 0 Å². The van der Waals surface area contributed by atoms with E-state index >= 15 is 0 Å². The summed E-state index contributed by atoms with van der Waals surface area (Å²) in [6.45, 7) is 6.27. The first-order valence-electron chi connectivity index (χ1n) is 6.80. The summed E-state index contributed by atoms with van der Waals surface area (Å²) in [5.74, 6) is 0. The number of aliphatic hydroxyl groups is 1. The summed E-state index contributed by atoms with van der Waals surface area (Å²) in [5.41, 5.74) is 4.67. The fraction of sp³-hybridized carbons (Fsp3) is 0.222. The smallest absolute Gasteiger partial charge is 0.113 e. The predicted octanol–water partition coefficient (Wildman–Crippen LogP) is 4.91. The summed E-state index contributed by atoms with van der Waals surface area (Å²) in [5, 5.41) is 11.9. The molecule has 20 heavy (non-hydrogen) atoms. The van der Waals surface area contributed by atoms with E-state index in [1.807, 2.05) is 12.1 Å². The maximum Gasteiger partial charge on any atom is 0.113 e. The van der Waals surface area contributed by atoms with E-state index in [9.17, 15) is 5.11 Å². The molecule has 0 saturated heterocycles. The highest BCUT2D eigenvalue weighted by atomic mass is 32.1. The van der Waals surface area contributed by atoms with E-state index in [1.165, 1.54) is 21.2 Å². The third kappa shape index (κ3) is 2.26. The second kappa shape index (κ2) is 5.04. The highest BCUT2D eigenvalue weighted by Crippen LogP contribution is 2.34. The van der Waals surface area contributed by atoms with Crippen molar-refractivity contribution in [2.45, 2.75) is 26.9 Å². The summed E-state index contributed by atoms with van der Waals surface area (Å²) in [6.07, 6.45) is -0.535. The third-order valence-corrected chi connectivity index (χ3v) is 5.06. The average molecular weight is 282 g/mol. The van der Waals surface area contributed by atoms with Gasteiger partial charge in [-0.25, -0.2) is 0 Å². The van der Waals surface area contributed by atoms with Crippen LogP contribution in [0.25, 0.3) is 10.1 Å². The molecule has 3 rings (SSSR count). The van der Waals surface area contributed by atoms with Crippen molar-refractivity contribution in [1.82, 2.24) is 0 Å². The van der Waals surface area contributed by atoms with Gasteiger partial charge in [0.1, 0.15) is 6.10 Å². The highest BCUT2D eigenvalue weighted by Gasteiger charge is 2.16. The molecule has 0 radical (unpaired) electrons. The molecule has 0 fully saturated rings. The lowest BCUT2D eigenvalue weighted by Crippen LogP contribution is -2.01. The molecule has 0 bridgehead atoms. The summed E-state index contributed by atoms with van der Waals surface area (Å²) >= 11 is 1.67. The van der Waals surface area contributed by atoms with Crippen LogP contribution in [0.5, 0.6) is 0 Å². The van der Waals surface area contributed by atoms with Crippen LogP contribution in [0.15, 0.2) is 42.5 Å². The molecule has 0 aliphatic rings. The van der Waals surface area contributed by atoms with Crippen LogP contribution < -0.4 is 0 Å². The number of aryl methyl sites for hydroxylation is 3. The Morgan fingerprint density at radius 1 is 0.900 bits per heavy atom. The van der Waals surface area contributed by atoms with Gasteiger partial charge in [-0.05, 0) is 60.5 Å². The Labute approximate surface area is 123 Å². The lowest BCUT2D eigenvalue weighted by Gasteiger charge is -2.14. The first-order chi connectivity index (χ1) is 9.56. The van der Waals surface area contributed by atoms with Crippen LogP contribution in [-0.2, 0) is 0 Å². The summed E-state index contributed by atoms with van der Waals surface area (Å²) < 4.78 is 1.23. The van der Waals surface area contributed by atoms with Crippen LogP contribution in [-0.4, -0.2) is 5.11 Å². The van der Waals surface area contributed by atoms with E-state index in [0.717, 1.165) is 16.0 Å². The molecule has 102 valence electrons. The van der Waals surface area contributed by atoms with Gasteiger partial charge >= 0.3 is 0 Å². The SMILES string of the molecule is Cc1cc(C)c(C(O)c2cc3ccccc3s2)cc1C. The maximum atomic E-state index is 10.7. The first kappa shape index (κ1) is 13.3. The predicted molar refractivity (Wildman–Crippen MR) is 86.5 cm³/mol. The summed E-state index contributed by atoms with van der Waals surface area (Å²) in [6, 6.07) is 14.6. The fourth-order valence-electron chi connectivity index (χ4n) is 2.57. The first-order valence-corrected chi connectivity index (χ1v) is 7.62. The van der Waals surface area contributed by atoms with Crippen molar-refractivity contribution in [1.29, 1.82) is 0 Å². The Bertz CT molecular complexity index is 737. The van der Waals surface area contributed by atoms with Crippen LogP contribution in [0.2, 0.25) is 0 Å². The summed E-state index contributed by atoms with van der Waals surface area (Å²) in [4.78, 5) is 1.01. The third-order valence-electron chi connectivity index (χ3n) is 3.89. The molecule has 1 N–H and O–H groups in total. The standard InChI is InChI=1S/C18H18OS/c1-11-8-13(3)15(9-12(11)2)18(19)17-10-14-6-4-5-7-16(14)20-17/h4-10,18-19H,1-3H3. The van der Waals surface area contributed by atoms with Crippen LogP contribution in [0.4, 0.5) is 0 Å². The molecule has 0 spiro atoms. The van der Waals surface area contributed by atoms with Gasteiger partial charge in [0.15, 0.2) is 0 Å². The van der Waals surface area contributed by atoms with Crippen molar-refractivity contribution in [3.63, 3.8) is 0 Å². The van der Waals surface area contributed by atoms with Crippen molar-refractivity contribution in [2.24, 2.45) is 0 Å². The second-order valence-electron chi connectivity index (χ2n) is 5.38. The van der Waals surface area contributed by atoms with Gasteiger partial charge in [0.25, 0.3) is 0 Å². The maximum absolute atomic E-state index is 10.7. The number of hydrogen-bond acceptors (Lipinski definition) is 2. The zero-order valence-corrected chi connectivity index (χ0v) is 12.8. The molecule has 1 unspecified atom stereocenters. The number of hydrogen-bond donors (Lipinski definition) is 1. The molecule has 0 aliphatic heterocycles. The molecular weight excluding hydrogens is 264 g/mol. The molecule has 0 saturated carbocycles. The van der Waals surface area contributed by atoms with Gasteiger partial charge < -0.3 is 5.11 Å². The van der Waals surface area contributed by atoms with Gasteiger partial charge in [-0.15, -0.1) is 11.3 Å². The van der Waals surface area contributed by atoms with Crippen molar-refractivity contribution >= 4 is 21.4 Å². The average Bonchev–Trinajstić information content (AvgIpc) is 2.86. The zero-order chi connectivity index (χ0) is 14.3. The van der Waals surface area contributed by atoms with Crippen LogP contribution >= 0.6 is 11.3 Å². The molecular formula is C18H18OS. The van der Waals surface area contributed by atoms with Gasteiger partial charge in [0.2, 0.25) is 0 Å². The fourth-order valence-corrected chi connectivity index (χ4v) is 3.64. The lowest BCUT2D eigenvalue weighted by molar-refractivity contribution is 0.223. The van der Waals surface area contributed by atoms with E-state index in [2.05, 4.69) is 51.1 Å². The van der Waals surface area contributed by atoms with Crippen LogP contribution in [0.3, 0.4) is 0 Å². The monoisotopic (exact) mass is 282 g/mol. The lowest BCUT2D eigenvalue weighted by atomic mass is 9.96. The molecule has 0 amide bonds. The normalized spacial score (nSPS) is 12.8. The van der Waals surface area contributed by atoms with E-state index in [0.29, 0.717) is 0 Å².